The number of hydrogen-bond acceptors (Lipinski definition) is 6. The summed E-state index contributed by atoms with van der Waals surface area (Å²) in [6, 6.07) is 10.8. The van der Waals surface area contributed by atoms with Crippen LogP contribution in [0.5, 0.6) is 0 Å². The summed E-state index contributed by atoms with van der Waals surface area (Å²) in [7, 11) is 0. The first-order chi connectivity index (χ1) is 14.5. The Morgan fingerprint density at radius 1 is 1.17 bits per heavy atom. The fourth-order valence-corrected chi connectivity index (χ4v) is 3.01. The van der Waals surface area contributed by atoms with Crippen molar-refractivity contribution in [3.63, 3.8) is 0 Å². The van der Waals surface area contributed by atoms with Gasteiger partial charge in [-0.2, -0.15) is 10.2 Å². The van der Waals surface area contributed by atoms with Crippen molar-refractivity contribution in [3.8, 4) is 17.1 Å². The average molecular weight is 404 g/mol. The molecular formula is C20H20N8O2. The van der Waals surface area contributed by atoms with Crippen LogP contribution in [0.15, 0.2) is 53.8 Å². The van der Waals surface area contributed by atoms with Crippen LogP contribution in [0.3, 0.4) is 0 Å². The number of aromatic amines is 1. The molecule has 3 heterocycles. The molecule has 0 spiro atoms. The number of nitrogens with one attached hydrogen (secondary N) is 2. The second-order valence-electron chi connectivity index (χ2n) is 6.83. The normalized spacial score (nSPS) is 10.9. The van der Waals surface area contributed by atoms with Crippen molar-refractivity contribution in [2.75, 3.05) is 6.54 Å². The lowest BCUT2D eigenvalue weighted by Crippen LogP contribution is -2.32. The van der Waals surface area contributed by atoms with E-state index < -0.39 is 0 Å². The van der Waals surface area contributed by atoms with Gasteiger partial charge >= 0.3 is 0 Å². The van der Waals surface area contributed by atoms with Gasteiger partial charge in [0.25, 0.3) is 11.5 Å². The van der Waals surface area contributed by atoms with Gasteiger partial charge in [-0.25, -0.2) is 14.3 Å². The molecule has 0 atom stereocenters. The van der Waals surface area contributed by atoms with Crippen molar-refractivity contribution in [1.82, 2.24) is 40.1 Å². The number of carbonyl (C=O) groups excluding carboxylic acids is 1. The summed E-state index contributed by atoms with van der Waals surface area (Å²) in [6.45, 7) is 4.45. The first-order valence-corrected chi connectivity index (χ1v) is 9.35. The zero-order valence-electron chi connectivity index (χ0n) is 16.5. The maximum absolute atomic E-state index is 12.5. The summed E-state index contributed by atoms with van der Waals surface area (Å²) in [5.41, 5.74) is 3.97. The van der Waals surface area contributed by atoms with Crippen LogP contribution in [0, 0.1) is 13.8 Å². The van der Waals surface area contributed by atoms with Gasteiger partial charge in [-0.3, -0.25) is 14.7 Å². The zero-order valence-corrected chi connectivity index (χ0v) is 16.5. The molecule has 4 rings (SSSR count). The second kappa shape index (κ2) is 8.11. The first kappa shape index (κ1) is 19.2. The Kier molecular flexibility index (Phi) is 5.21. The van der Waals surface area contributed by atoms with Gasteiger partial charge in [0.05, 0.1) is 12.2 Å². The Morgan fingerprint density at radius 2 is 2.03 bits per heavy atom. The van der Waals surface area contributed by atoms with E-state index in [1.807, 2.05) is 32.0 Å². The van der Waals surface area contributed by atoms with Crippen molar-refractivity contribution >= 4 is 5.91 Å². The third kappa shape index (κ3) is 4.02. The SMILES string of the molecule is Cc1ccc(C)c(-c2cc(C(=O)NCCn3nc(-n4cncn4)ccc3=O)[nH]n2)c1. The molecule has 10 heteroatoms. The molecule has 0 unspecified atom stereocenters. The number of aryl methyl sites for hydroxylation is 2. The van der Waals surface area contributed by atoms with Crippen LogP contribution in [0.4, 0.5) is 0 Å². The van der Waals surface area contributed by atoms with Gasteiger partial charge < -0.3 is 5.32 Å². The lowest BCUT2D eigenvalue weighted by Gasteiger charge is -2.07. The molecule has 10 nitrogen and oxygen atoms in total. The van der Waals surface area contributed by atoms with Crippen LogP contribution in [-0.2, 0) is 6.54 Å². The summed E-state index contributed by atoms with van der Waals surface area (Å²) in [6.07, 6.45) is 2.87. The molecule has 0 bridgehead atoms. The summed E-state index contributed by atoms with van der Waals surface area (Å²) in [4.78, 5) is 28.4. The van der Waals surface area contributed by atoms with Crippen LogP contribution in [0.25, 0.3) is 17.1 Å². The Hall–Kier alpha value is -4.08. The van der Waals surface area contributed by atoms with E-state index in [0.29, 0.717) is 17.2 Å². The molecule has 2 N–H and O–H groups in total. The first-order valence-electron chi connectivity index (χ1n) is 9.35. The maximum Gasteiger partial charge on any atom is 0.269 e. The maximum atomic E-state index is 12.5. The van der Waals surface area contributed by atoms with Crippen LogP contribution in [0.2, 0.25) is 0 Å². The predicted molar refractivity (Wildman–Crippen MR) is 109 cm³/mol. The molecule has 0 aliphatic carbocycles. The van der Waals surface area contributed by atoms with E-state index in [1.54, 1.807) is 12.1 Å². The van der Waals surface area contributed by atoms with Crippen LogP contribution >= 0.6 is 0 Å². The van der Waals surface area contributed by atoms with Gasteiger partial charge in [-0.05, 0) is 37.6 Å². The molecule has 3 aromatic heterocycles. The van der Waals surface area contributed by atoms with Crippen LogP contribution in [0.1, 0.15) is 21.6 Å². The fourth-order valence-electron chi connectivity index (χ4n) is 3.01. The van der Waals surface area contributed by atoms with Gasteiger partial charge in [0.15, 0.2) is 5.82 Å². The molecule has 30 heavy (non-hydrogen) atoms. The molecule has 0 saturated carbocycles. The van der Waals surface area contributed by atoms with E-state index >= 15 is 0 Å². The highest BCUT2D eigenvalue weighted by atomic mass is 16.2. The lowest BCUT2D eigenvalue weighted by molar-refractivity contribution is 0.0946. The van der Waals surface area contributed by atoms with Gasteiger partial charge in [-0.1, -0.05) is 17.7 Å². The van der Waals surface area contributed by atoms with Crippen molar-refractivity contribution in [2.45, 2.75) is 20.4 Å². The molecule has 0 aliphatic rings. The van der Waals surface area contributed by atoms with Crippen molar-refractivity contribution < 1.29 is 4.79 Å². The molecule has 0 radical (unpaired) electrons. The number of nitrogens with zero attached hydrogens (tertiary/aromatic N) is 6. The van der Waals surface area contributed by atoms with Crippen molar-refractivity contribution in [3.05, 3.63) is 76.2 Å². The Balaban J connectivity index is 1.41. The highest BCUT2D eigenvalue weighted by Gasteiger charge is 2.12. The Morgan fingerprint density at radius 3 is 2.83 bits per heavy atom. The van der Waals surface area contributed by atoms with Crippen LogP contribution < -0.4 is 10.9 Å². The van der Waals surface area contributed by atoms with Crippen molar-refractivity contribution in [2.24, 2.45) is 0 Å². The fraction of sp³-hybridized carbons (Fsp3) is 0.200. The predicted octanol–water partition coefficient (Wildman–Crippen LogP) is 1.26. The molecule has 0 saturated heterocycles. The highest BCUT2D eigenvalue weighted by Crippen LogP contribution is 2.23. The smallest absolute Gasteiger partial charge is 0.269 e. The number of benzene rings is 1. The Labute approximate surface area is 171 Å². The number of carbonyl (C=O) groups is 1. The summed E-state index contributed by atoms with van der Waals surface area (Å²) >= 11 is 0. The minimum absolute atomic E-state index is 0.213. The number of rotatable bonds is 6. The minimum Gasteiger partial charge on any atom is -0.349 e. The largest absolute Gasteiger partial charge is 0.349 e. The summed E-state index contributed by atoms with van der Waals surface area (Å²) in [5.74, 6) is 0.157. The number of amides is 1. The van der Waals surface area contributed by atoms with E-state index in [-0.39, 0.29) is 24.6 Å². The molecule has 152 valence electrons. The molecule has 4 aromatic rings. The van der Waals surface area contributed by atoms with Crippen LogP contribution in [-0.4, -0.2) is 47.2 Å². The summed E-state index contributed by atoms with van der Waals surface area (Å²) in [5, 5.41) is 18.0. The molecular weight excluding hydrogens is 384 g/mol. The minimum atomic E-state index is -0.306. The average Bonchev–Trinajstić information content (AvgIpc) is 3.43. The quantitative estimate of drug-likeness (QED) is 0.499. The number of hydrogen-bond donors (Lipinski definition) is 2. The Bertz CT molecular complexity index is 1240. The zero-order chi connectivity index (χ0) is 21.1. The molecule has 0 aliphatic heterocycles. The summed E-state index contributed by atoms with van der Waals surface area (Å²) < 4.78 is 2.72. The standard InChI is InChI=1S/C20H20N8O2/c1-13-3-4-14(2)15(9-13)16-10-17(25-24-16)20(30)22-7-8-27-19(29)6-5-18(26-27)28-12-21-11-23-28/h3-6,9-12H,7-8H2,1-2H3,(H,22,30)(H,24,25). The van der Waals surface area contributed by atoms with Gasteiger partial charge in [0.2, 0.25) is 0 Å². The molecule has 1 amide bonds. The molecule has 0 fully saturated rings. The van der Waals surface area contributed by atoms with E-state index in [2.05, 4.69) is 30.7 Å². The van der Waals surface area contributed by atoms with E-state index in [4.69, 9.17) is 0 Å². The topological polar surface area (TPSA) is 123 Å². The number of aromatic nitrogens is 7. The third-order valence-electron chi connectivity index (χ3n) is 4.61. The van der Waals surface area contributed by atoms with Gasteiger partial charge in [0, 0.05) is 18.2 Å². The van der Waals surface area contributed by atoms with E-state index in [9.17, 15) is 9.59 Å². The lowest BCUT2D eigenvalue weighted by atomic mass is 10.0. The van der Waals surface area contributed by atoms with Gasteiger partial charge in [-0.15, -0.1) is 5.10 Å². The monoisotopic (exact) mass is 404 g/mol. The highest BCUT2D eigenvalue weighted by molar-refractivity contribution is 5.93. The second-order valence-corrected chi connectivity index (χ2v) is 6.83. The van der Waals surface area contributed by atoms with Crippen molar-refractivity contribution in [1.29, 1.82) is 0 Å². The third-order valence-corrected chi connectivity index (χ3v) is 4.61. The van der Waals surface area contributed by atoms with E-state index in [0.717, 1.165) is 16.7 Å². The number of H-pyrrole nitrogens is 1. The van der Waals surface area contributed by atoms with Gasteiger partial charge in [0.1, 0.15) is 18.3 Å². The van der Waals surface area contributed by atoms with E-state index in [1.165, 1.54) is 28.1 Å². The molecule has 1 aromatic carbocycles.